The number of ether oxygens (including phenoxy) is 2. The molecular formula is C24H18F5N5O5. The van der Waals surface area contributed by atoms with E-state index in [1.807, 2.05) is 0 Å². The second-order valence-electron chi connectivity index (χ2n) is 7.47. The van der Waals surface area contributed by atoms with Gasteiger partial charge >= 0.3 is 18.4 Å². The number of nitro benzene ring substituents is 1. The van der Waals surface area contributed by atoms with Crippen molar-refractivity contribution in [3.05, 3.63) is 89.2 Å². The highest BCUT2D eigenvalue weighted by Crippen LogP contribution is 2.37. The molecule has 0 spiro atoms. The number of nitro groups is 1. The van der Waals surface area contributed by atoms with Gasteiger partial charge in [0.05, 0.1) is 10.6 Å². The molecule has 10 nitrogen and oxygen atoms in total. The number of amides is 1. The van der Waals surface area contributed by atoms with Crippen molar-refractivity contribution in [3.63, 3.8) is 0 Å². The van der Waals surface area contributed by atoms with Crippen LogP contribution < -0.4 is 14.8 Å². The Bertz CT molecular complexity index is 1440. The van der Waals surface area contributed by atoms with E-state index in [1.54, 1.807) is 24.3 Å². The van der Waals surface area contributed by atoms with E-state index >= 15 is 0 Å². The van der Waals surface area contributed by atoms with Crippen LogP contribution in [-0.4, -0.2) is 38.1 Å². The number of halogens is 5. The summed E-state index contributed by atoms with van der Waals surface area (Å²) in [5.41, 5.74) is 1.08. The third-order valence-electron chi connectivity index (χ3n) is 4.82. The zero-order chi connectivity index (χ0) is 27.5. The third-order valence-corrected chi connectivity index (χ3v) is 4.82. The van der Waals surface area contributed by atoms with Crippen LogP contribution >= 0.6 is 0 Å². The maximum atomic E-state index is 13.0. The molecule has 0 unspecified atom stereocenters. The molecule has 39 heavy (non-hydrogen) atoms. The standard InChI is InChI=1S/C23H14F5N5O5.CH4/c24-22(25,26)23(27,28)38-19-11-5-16(6-12-19)32-13-29-20(31-32)14-1-3-15(4-2-14)30-21(34)37-18-9-7-17(8-10-18)33(35)36;/h1-13H,(H,30,34);1H4. The molecule has 0 fully saturated rings. The SMILES string of the molecule is C.O=C(Nc1ccc(-c2ncn(-c3ccc(OC(F)(F)C(F)(F)F)cc3)n2)cc1)Oc1ccc([N+](=O)[O-])cc1. The van der Waals surface area contributed by atoms with Crippen molar-refractivity contribution in [2.24, 2.45) is 0 Å². The first-order valence-corrected chi connectivity index (χ1v) is 10.4. The number of anilines is 1. The van der Waals surface area contributed by atoms with Gasteiger partial charge < -0.3 is 9.47 Å². The predicted molar refractivity (Wildman–Crippen MR) is 128 cm³/mol. The van der Waals surface area contributed by atoms with Gasteiger partial charge in [0.15, 0.2) is 5.82 Å². The highest BCUT2D eigenvalue weighted by molar-refractivity contribution is 5.86. The van der Waals surface area contributed by atoms with Gasteiger partial charge in [0.1, 0.15) is 17.8 Å². The van der Waals surface area contributed by atoms with Crippen LogP contribution in [0, 0.1) is 10.1 Å². The van der Waals surface area contributed by atoms with Gasteiger partial charge in [-0.05, 0) is 60.7 Å². The van der Waals surface area contributed by atoms with E-state index in [2.05, 4.69) is 20.1 Å². The summed E-state index contributed by atoms with van der Waals surface area (Å²) < 4.78 is 73.0. The summed E-state index contributed by atoms with van der Waals surface area (Å²) in [6.07, 6.45) is -10.7. The lowest BCUT2D eigenvalue weighted by atomic mass is 10.2. The molecule has 1 amide bonds. The molecule has 4 rings (SSSR count). The number of rotatable bonds is 7. The molecular weight excluding hydrogens is 533 g/mol. The first-order valence-electron chi connectivity index (χ1n) is 10.4. The smallest absolute Gasteiger partial charge is 0.426 e. The van der Waals surface area contributed by atoms with Crippen LogP contribution in [0.5, 0.6) is 11.5 Å². The van der Waals surface area contributed by atoms with Crippen molar-refractivity contribution in [1.29, 1.82) is 0 Å². The first kappa shape index (κ1) is 28.5. The summed E-state index contributed by atoms with van der Waals surface area (Å²) >= 11 is 0. The van der Waals surface area contributed by atoms with E-state index in [4.69, 9.17) is 4.74 Å². The lowest BCUT2D eigenvalue weighted by Gasteiger charge is -2.20. The van der Waals surface area contributed by atoms with Gasteiger partial charge in [-0.2, -0.15) is 22.0 Å². The number of nitrogens with zero attached hydrogens (tertiary/aromatic N) is 4. The number of carbonyl (C=O) groups is 1. The number of alkyl halides is 5. The molecule has 0 aliphatic heterocycles. The molecule has 3 aromatic carbocycles. The number of aromatic nitrogens is 3. The average Bonchev–Trinajstić information content (AvgIpc) is 3.35. The van der Waals surface area contributed by atoms with Crippen molar-refractivity contribution < 1.29 is 41.1 Å². The van der Waals surface area contributed by atoms with Crippen molar-refractivity contribution in [3.8, 4) is 28.6 Å². The molecule has 0 aliphatic rings. The van der Waals surface area contributed by atoms with Crippen LogP contribution in [0.3, 0.4) is 0 Å². The van der Waals surface area contributed by atoms with Crippen LogP contribution in [0.2, 0.25) is 0 Å². The van der Waals surface area contributed by atoms with E-state index in [9.17, 15) is 36.9 Å². The summed E-state index contributed by atoms with van der Waals surface area (Å²) in [6.45, 7) is 0. The Labute approximate surface area is 216 Å². The van der Waals surface area contributed by atoms with Gasteiger partial charge in [0.2, 0.25) is 0 Å². The second kappa shape index (κ2) is 11.1. The number of nitrogens with one attached hydrogen (secondary N) is 1. The van der Waals surface area contributed by atoms with Crippen LogP contribution in [0.15, 0.2) is 79.1 Å². The van der Waals surface area contributed by atoms with Gasteiger partial charge in [-0.1, -0.05) is 7.43 Å². The molecule has 1 N–H and O–H groups in total. The minimum absolute atomic E-state index is 0. The average molecular weight is 551 g/mol. The van der Waals surface area contributed by atoms with Gasteiger partial charge in [0, 0.05) is 23.4 Å². The third kappa shape index (κ3) is 6.82. The summed E-state index contributed by atoms with van der Waals surface area (Å²) in [5, 5.41) is 17.4. The van der Waals surface area contributed by atoms with Crippen LogP contribution in [0.4, 0.5) is 38.1 Å². The molecule has 0 aliphatic carbocycles. The Morgan fingerprint density at radius 3 is 2.05 bits per heavy atom. The van der Waals surface area contributed by atoms with E-state index in [-0.39, 0.29) is 24.7 Å². The largest absolute Gasteiger partial charge is 0.499 e. The van der Waals surface area contributed by atoms with Crippen molar-refractivity contribution in [2.75, 3.05) is 5.32 Å². The molecule has 0 bridgehead atoms. The number of benzene rings is 3. The Morgan fingerprint density at radius 2 is 1.49 bits per heavy atom. The fourth-order valence-corrected chi connectivity index (χ4v) is 2.98. The Morgan fingerprint density at radius 1 is 0.897 bits per heavy atom. The maximum absolute atomic E-state index is 13.0. The van der Waals surface area contributed by atoms with E-state index in [1.165, 1.54) is 47.4 Å². The van der Waals surface area contributed by atoms with Crippen molar-refractivity contribution in [1.82, 2.24) is 14.8 Å². The number of non-ortho nitro benzene ring substituents is 1. The minimum Gasteiger partial charge on any atom is -0.426 e. The molecule has 0 saturated carbocycles. The summed E-state index contributed by atoms with van der Waals surface area (Å²) in [4.78, 5) is 26.3. The monoisotopic (exact) mass is 551 g/mol. The molecule has 4 aromatic rings. The second-order valence-corrected chi connectivity index (χ2v) is 7.47. The lowest BCUT2D eigenvalue weighted by molar-refractivity contribution is -0.384. The highest BCUT2D eigenvalue weighted by atomic mass is 19.4. The van der Waals surface area contributed by atoms with Gasteiger partial charge in [-0.15, -0.1) is 5.10 Å². The topological polar surface area (TPSA) is 121 Å². The highest BCUT2D eigenvalue weighted by Gasteiger charge is 2.61. The number of carbonyl (C=O) groups excluding carboxylic acids is 1. The van der Waals surface area contributed by atoms with Gasteiger partial charge in [-0.25, -0.2) is 14.5 Å². The summed E-state index contributed by atoms with van der Waals surface area (Å²) in [5.74, 6) is -0.325. The fourth-order valence-electron chi connectivity index (χ4n) is 2.98. The summed E-state index contributed by atoms with van der Waals surface area (Å²) in [6, 6.07) is 15.5. The Balaban J connectivity index is 0.00000420. The number of hydrogen-bond donors (Lipinski definition) is 1. The van der Waals surface area contributed by atoms with Crippen LogP contribution in [-0.2, 0) is 0 Å². The molecule has 0 radical (unpaired) electrons. The fraction of sp³-hybridized carbons (Fsp3) is 0.125. The zero-order valence-corrected chi connectivity index (χ0v) is 18.7. The van der Waals surface area contributed by atoms with Crippen LogP contribution in [0.25, 0.3) is 17.1 Å². The predicted octanol–water partition coefficient (Wildman–Crippen LogP) is 6.62. The summed E-state index contributed by atoms with van der Waals surface area (Å²) in [7, 11) is 0. The quantitative estimate of drug-likeness (QED) is 0.156. The number of hydrogen-bond acceptors (Lipinski definition) is 7. The normalized spacial score (nSPS) is 11.3. The Hall–Kier alpha value is -5.08. The van der Waals surface area contributed by atoms with Crippen LogP contribution in [0.1, 0.15) is 7.43 Å². The molecule has 1 heterocycles. The molecule has 0 atom stereocenters. The van der Waals surface area contributed by atoms with Gasteiger partial charge in [0.25, 0.3) is 5.69 Å². The molecule has 15 heteroatoms. The first-order chi connectivity index (χ1) is 17.9. The van der Waals surface area contributed by atoms with Crippen molar-refractivity contribution >= 4 is 17.5 Å². The lowest BCUT2D eigenvalue weighted by Crippen LogP contribution is -2.41. The van der Waals surface area contributed by atoms with E-state index in [0.29, 0.717) is 16.9 Å². The molecule has 0 saturated heterocycles. The van der Waals surface area contributed by atoms with Gasteiger partial charge in [-0.3, -0.25) is 15.4 Å². The minimum atomic E-state index is -5.86. The van der Waals surface area contributed by atoms with E-state index < -0.39 is 29.1 Å². The van der Waals surface area contributed by atoms with Crippen molar-refractivity contribution in [2.45, 2.75) is 19.7 Å². The molecule has 1 aromatic heterocycles. The van der Waals surface area contributed by atoms with E-state index in [0.717, 1.165) is 12.1 Å². The zero-order valence-electron chi connectivity index (χ0n) is 18.7. The Kier molecular flexibility index (Phi) is 8.12. The maximum Gasteiger partial charge on any atom is 0.499 e. The molecule has 204 valence electrons.